The first kappa shape index (κ1) is 21.1. The number of nitrogens with zero attached hydrogens (tertiary/aromatic N) is 2. The number of esters is 1. The van der Waals surface area contributed by atoms with Crippen LogP contribution in [0.5, 0.6) is 0 Å². The number of aliphatic hydroxyl groups is 1. The van der Waals surface area contributed by atoms with Crippen molar-refractivity contribution in [1.82, 2.24) is 4.98 Å². The Bertz CT molecular complexity index is 874. The van der Waals surface area contributed by atoms with E-state index < -0.39 is 22.9 Å². The van der Waals surface area contributed by atoms with Gasteiger partial charge in [-0.15, -0.1) is 0 Å². The SMILES string of the molecule is C[C@@H](OC(=O)c1cc([N+](=O)[O-])ccc1NCCO)C(=O)Nc1ccc(Cl)cn1. The van der Waals surface area contributed by atoms with Gasteiger partial charge in [0, 0.05) is 30.6 Å². The second-order valence-electron chi connectivity index (χ2n) is 5.54. The molecule has 0 unspecified atom stereocenters. The van der Waals surface area contributed by atoms with Gasteiger partial charge in [-0.3, -0.25) is 14.9 Å². The van der Waals surface area contributed by atoms with Crippen LogP contribution in [-0.2, 0) is 9.53 Å². The fraction of sp³-hybridized carbons (Fsp3) is 0.235. The summed E-state index contributed by atoms with van der Waals surface area (Å²) in [6, 6.07) is 6.58. The normalized spacial score (nSPS) is 11.4. The van der Waals surface area contributed by atoms with Gasteiger partial charge in [0.1, 0.15) is 5.82 Å². The number of hydrogen-bond acceptors (Lipinski definition) is 8. The molecule has 0 fully saturated rings. The van der Waals surface area contributed by atoms with Crippen molar-refractivity contribution in [3.05, 3.63) is 57.2 Å². The molecule has 3 N–H and O–H groups in total. The quantitative estimate of drug-likeness (QED) is 0.342. The molecule has 0 radical (unpaired) electrons. The molecule has 0 saturated heterocycles. The van der Waals surface area contributed by atoms with Gasteiger partial charge in [-0.2, -0.15) is 0 Å². The van der Waals surface area contributed by atoms with Crippen LogP contribution in [0.15, 0.2) is 36.5 Å². The summed E-state index contributed by atoms with van der Waals surface area (Å²) < 4.78 is 5.12. The summed E-state index contributed by atoms with van der Waals surface area (Å²) in [5.74, 6) is -1.35. The number of nitro benzene ring substituents is 1. The third kappa shape index (κ3) is 5.63. The average molecular weight is 409 g/mol. The van der Waals surface area contributed by atoms with Crippen molar-refractivity contribution >= 4 is 40.7 Å². The summed E-state index contributed by atoms with van der Waals surface area (Å²) in [7, 11) is 0. The number of ether oxygens (including phenoxy) is 1. The molecule has 11 heteroatoms. The minimum atomic E-state index is -1.20. The number of anilines is 2. The molecule has 0 bridgehead atoms. The van der Waals surface area contributed by atoms with Crippen molar-refractivity contribution in [2.24, 2.45) is 0 Å². The zero-order valence-electron chi connectivity index (χ0n) is 14.7. The summed E-state index contributed by atoms with van der Waals surface area (Å²) in [6.45, 7) is 1.26. The van der Waals surface area contributed by atoms with Gasteiger partial charge < -0.3 is 20.5 Å². The second kappa shape index (κ2) is 9.62. The highest BCUT2D eigenvalue weighted by molar-refractivity contribution is 6.30. The number of nitro groups is 1. The lowest BCUT2D eigenvalue weighted by Gasteiger charge is -2.15. The van der Waals surface area contributed by atoms with Crippen LogP contribution in [0.4, 0.5) is 17.2 Å². The van der Waals surface area contributed by atoms with Crippen LogP contribution in [-0.4, -0.2) is 46.1 Å². The standard InChI is InChI=1S/C17H17ClN4O6/c1-10(16(24)21-15-5-2-11(18)9-20-15)28-17(25)13-8-12(22(26)27)3-4-14(13)19-6-7-23/h2-5,8-10,19,23H,6-7H2,1H3,(H,20,21,24)/t10-/m1/s1. The molecular weight excluding hydrogens is 392 g/mol. The van der Waals surface area contributed by atoms with Crippen molar-refractivity contribution in [1.29, 1.82) is 0 Å². The molecule has 148 valence electrons. The lowest BCUT2D eigenvalue weighted by molar-refractivity contribution is -0.384. The zero-order chi connectivity index (χ0) is 20.7. The largest absolute Gasteiger partial charge is 0.449 e. The fourth-order valence-electron chi connectivity index (χ4n) is 2.11. The highest BCUT2D eigenvalue weighted by Gasteiger charge is 2.23. The Labute approximate surface area is 164 Å². The van der Waals surface area contributed by atoms with Gasteiger partial charge in [-0.1, -0.05) is 11.6 Å². The summed E-state index contributed by atoms with van der Waals surface area (Å²) in [5.41, 5.74) is -0.215. The Morgan fingerprint density at radius 2 is 2.11 bits per heavy atom. The van der Waals surface area contributed by atoms with Crippen molar-refractivity contribution in [2.45, 2.75) is 13.0 Å². The van der Waals surface area contributed by atoms with Gasteiger partial charge in [-0.25, -0.2) is 9.78 Å². The summed E-state index contributed by atoms with van der Waals surface area (Å²) in [5, 5.41) is 25.5. The van der Waals surface area contributed by atoms with Crippen molar-refractivity contribution in [2.75, 3.05) is 23.8 Å². The highest BCUT2D eigenvalue weighted by atomic mass is 35.5. The molecule has 1 atom stereocenters. The highest BCUT2D eigenvalue weighted by Crippen LogP contribution is 2.23. The van der Waals surface area contributed by atoms with Crippen molar-refractivity contribution < 1.29 is 24.4 Å². The number of aromatic nitrogens is 1. The summed E-state index contributed by atoms with van der Waals surface area (Å²) in [6.07, 6.45) is 0.144. The Balaban J connectivity index is 2.13. The van der Waals surface area contributed by atoms with E-state index in [2.05, 4.69) is 15.6 Å². The molecule has 2 aromatic rings. The van der Waals surface area contributed by atoms with E-state index in [0.717, 1.165) is 6.07 Å². The van der Waals surface area contributed by atoms with Gasteiger partial charge >= 0.3 is 5.97 Å². The molecule has 2 rings (SSSR count). The second-order valence-corrected chi connectivity index (χ2v) is 5.97. The average Bonchev–Trinajstić information content (AvgIpc) is 2.67. The van der Waals surface area contributed by atoms with Crippen molar-refractivity contribution in [3.8, 4) is 0 Å². The number of carbonyl (C=O) groups is 2. The first-order chi connectivity index (χ1) is 13.3. The van der Waals surface area contributed by atoms with Crippen LogP contribution in [0.2, 0.25) is 5.02 Å². The fourth-order valence-corrected chi connectivity index (χ4v) is 2.23. The van der Waals surface area contributed by atoms with Gasteiger partial charge in [0.2, 0.25) is 0 Å². The van der Waals surface area contributed by atoms with E-state index in [1.807, 2.05) is 0 Å². The first-order valence-corrected chi connectivity index (χ1v) is 8.46. The number of nitrogens with one attached hydrogen (secondary N) is 2. The number of non-ortho nitro benzene ring substituents is 1. The Morgan fingerprint density at radius 3 is 2.71 bits per heavy atom. The molecule has 28 heavy (non-hydrogen) atoms. The van der Waals surface area contributed by atoms with Crippen LogP contribution >= 0.6 is 11.6 Å². The van der Waals surface area contributed by atoms with E-state index in [0.29, 0.717) is 5.02 Å². The maximum absolute atomic E-state index is 12.5. The predicted octanol–water partition coefficient (Wildman–Crippen LogP) is 2.23. The van der Waals surface area contributed by atoms with Crippen LogP contribution in [0.1, 0.15) is 17.3 Å². The molecule has 0 aliphatic rings. The summed E-state index contributed by atoms with van der Waals surface area (Å²) in [4.78, 5) is 38.9. The third-order valence-corrected chi connectivity index (χ3v) is 3.72. The summed E-state index contributed by atoms with van der Waals surface area (Å²) >= 11 is 5.72. The monoisotopic (exact) mass is 408 g/mol. The maximum atomic E-state index is 12.5. The molecule has 0 aliphatic heterocycles. The van der Waals surface area contributed by atoms with Crippen LogP contribution in [0.3, 0.4) is 0 Å². The number of halogens is 1. The van der Waals surface area contributed by atoms with Crippen LogP contribution in [0, 0.1) is 10.1 Å². The van der Waals surface area contributed by atoms with Crippen molar-refractivity contribution in [3.63, 3.8) is 0 Å². The minimum Gasteiger partial charge on any atom is -0.449 e. The maximum Gasteiger partial charge on any atom is 0.341 e. The zero-order valence-corrected chi connectivity index (χ0v) is 15.5. The van der Waals surface area contributed by atoms with E-state index in [-0.39, 0.29) is 35.9 Å². The van der Waals surface area contributed by atoms with E-state index in [1.54, 1.807) is 0 Å². The number of carbonyl (C=O) groups excluding carboxylic acids is 2. The van der Waals surface area contributed by atoms with Gasteiger partial charge in [0.15, 0.2) is 6.10 Å². The number of pyridine rings is 1. The smallest absolute Gasteiger partial charge is 0.341 e. The number of aliphatic hydroxyl groups excluding tert-OH is 1. The van der Waals surface area contributed by atoms with Crippen LogP contribution < -0.4 is 10.6 Å². The van der Waals surface area contributed by atoms with E-state index in [4.69, 9.17) is 21.4 Å². The third-order valence-electron chi connectivity index (χ3n) is 3.49. The lowest BCUT2D eigenvalue weighted by atomic mass is 10.1. The molecule has 0 saturated carbocycles. The molecule has 0 aliphatic carbocycles. The Hall–Kier alpha value is -3.24. The molecule has 1 amide bonds. The Morgan fingerprint density at radius 1 is 1.36 bits per heavy atom. The molecule has 1 aromatic heterocycles. The van der Waals surface area contributed by atoms with E-state index in [9.17, 15) is 19.7 Å². The number of benzene rings is 1. The molecule has 0 spiro atoms. The number of amides is 1. The van der Waals surface area contributed by atoms with Gasteiger partial charge in [0.25, 0.3) is 11.6 Å². The van der Waals surface area contributed by atoms with Gasteiger partial charge in [-0.05, 0) is 25.1 Å². The predicted molar refractivity (Wildman–Crippen MR) is 101 cm³/mol. The number of hydrogen-bond donors (Lipinski definition) is 3. The molecule has 1 heterocycles. The van der Waals surface area contributed by atoms with Gasteiger partial charge in [0.05, 0.1) is 22.1 Å². The molecule has 1 aromatic carbocycles. The van der Waals surface area contributed by atoms with E-state index in [1.165, 1.54) is 37.4 Å². The van der Waals surface area contributed by atoms with Crippen LogP contribution in [0.25, 0.3) is 0 Å². The lowest BCUT2D eigenvalue weighted by Crippen LogP contribution is -2.30. The topological polar surface area (TPSA) is 144 Å². The molecular formula is C17H17ClN4O6. The number of rotatable bonds is 8. The first-order valence-electron chi connectivity index (χ1n) is 8.08. The minimum absolute atomic E-state index is 0.121. The van der Waals surface area contributed by atoms with E-state index >= 15 is 0 Å². The molecule has 10 nitrogen and oxygen atoms in total. The Kier molecular flexibility index (Phi) is 7.24.